The van der Waals surface area contributed by atoms with Crippen molar-refractivity contribution in [3.8, 4) is 35.4 Å². The molecule has 1 fully saturated rings. The molecule has 0 radical (unpaired) electrons. The van der Waals surface area contributed by atoms with E-state index in [0.717, 1.165) is 6.42 Å². The lowest BCUT2D eigenvalue weighted by Crippen LogP contribution is -2.38. The van der Waals surface area contributed by atoms with Gasteiger partial charge in [0.2, 0.25) is 0 Å². The summed E-state index contributed by atoms with van der Waals surface area (Å²) in [5.74, 6) is 1.13. The zero-order valence-corrected chi connectivity index (χ0v) is 18.2. The fourth-order valence-corrected chi connectivity index (χ4v) is 4.44. The van der Waals surface area contributed by atoms with E-state index in [4.69, 9.17) is 11.2 Å². The Hall–Kier alpha value is -4.03. The smallest absolute Gasteiger partial charge is 0.318 e. The molecule has 0 saturated carbocycles. The number of halogens is 2. The van der Waals surface area contributed by atoms with Crippen LogP contribution in [0.25, 0.3) is 32.9 Å². The summed E-state index contributed by atoms with van der Waals surface area (Å²) in [6.45, 7) is 0.957. The van der Waals surface area contributed by atoms with Crippen molar-refractivity contribution >= 4 is 27.5 Å². The Morgan fingerprint density at radius 1 is 1.24 bits per heavy atom. The molecule has 2 aromatic carbocycles. The predicted molar refractivity (Wildman–Crippen MR) is 124 cm³/mol. The lowest BCUT2D eigenvalue weighted by atomic mass is 9.96. The van der Waals surface area contributed by atoms with Gasteiger partial charge in [0.05, 0.1) is 24.2 Å². The minimum Gasteiger partial charge on any atom is -0.508 e. The van der Waals surface area contributed by atoms with Crippen LogP contribution in [0.1, 0.15) is 18.4 Å². The molecule has 0 amide bonds. The van der Waals surface area contributed by atoms with Crippen LogP contribution in [0.2, 0.25) is 0 Å². The van der Waals surface area contributed by atoms with E-state index in [0.29, 0.717) is 36.1 Å². The van der Waals surface area contributed by atoms with Crippen molar-refractivity contribution in [2.45, 2.75) is 18.9 Å². The van der Waals surface area contributed by atoms with Crippen molar-refractivity contribution in [3.63, 3.8) is 0 Å². The molecule has 0 bridgehead atoms. The average molecular weight is 462 g/mol. The molecular formula is C25H20F2N4O3. The van der Waals surface area contributed by atoms with Crippen molar-refractivity contribution in [3.05, 3.63) is 47.7 Å². The van der Waals surface area contributed by atoms with E-state index in [2.05, 4.69) is 20.9 Å². The van der Waals surface area contributed by atoms with E-state index in [1.54, 1.807) is 0 Å². The largest absolute Gasteiger partial charge is 0.508 e. The number of hydrogen-bond acceptors (Lipinski definition) is 7. The van der Waals surface area contributed by atoms with Gasteiger partial charge >= 0.3 is 6.01 Å². The number of phenols is 1. The van der Waals surface area contributed by atoms with Gasteiger partial charge in [-0.2, -0.15) is 9.97 Å². The number of hydrogen-bond donors (Lipinski definition) is 2. The molecular weight excluding hydrogens is 442 g/mol. The topological polar surface area (TPSA) is 91.6 Å². The first-order valence-corrected chi connectivity index (χ1v) is 10.7. The van der Waals surface area contributed by atoms with E-state index in [9.17, 15) is 14.6 Å². The van der Waals surface area contributed by atoms with Crippen LogP contribution in [0.15, 0.2) is 30.5 Å². The number of phenolic OH excluding ortho intramolecular Hbond substituents is 1. The van der Waals surface area contributed by atoms with Crippen LogP contribution in [0.5, 0.6) is 11.8 Å². The second kappa shape index (κ2) is 8.39. The van der Waals surface area contributed by atoms with Gasteiger partial charge in [0.1, 0.15) is 28.6 Å². The van der Waals surface area contributed by atoms with E-state index in [1.807, 2.05) is 4.90 Å². The fourth-order valence-electron chi connectivity index (χ4n) is 4.44. The molecule has 1 aliphatic heterocycles. The van der Waals surface area contributed by atoms with Gasteiger partial charge in [0.25, 0.3) is 0 Å². The third-order valence-corrected chi connectivity index (χ3v) is 5.97. The van der Waals surface area contributed by atoms with Crippen molar-refractivity contribution in [1.29, 1.82) is 0 Å². The van der Waals surface area contributed by atoms with E-state index < -0.39 is 17.7 Å². The van der Waals surface area contributed by atoms with Gasteiger partial charge in [-0.3, -0.25) is 4.98 Å². The van der Waals surface area contributed by atoms with Gasteiger partial charge < -0.3 is 19.8 Å². The number of methoxy groups -OCH3 is 1. The summed E-state index contributed by atoms with van der Waals surface area (Å²) in [5, 5.41) is 21.4. The van der Waals surface area contributed by atoms with Gasteiger partial charge in [-0.25, -0.2) is 8.78 Å². The van der Waals surface area contributed by atoms with Gasteiger partial charge in [-0.15, -0.1) is 6.42 Å². The maximum absolute atomic E-state index is 16.0. The first-order chi connectivity index (χ1) is 16.4. The maximum atomic E-state index is 16.0. The van der Waals surface area contributed by atoms with Crippen molar-refractivity contribution in [1.82, 2.24) is 15.0 Å². The monoisotopic (exact) mass is 462 g/mol. The Balaban J connectivity index is 1.79. The maximum Gasteiger partial charge on any atom is 0.318 e. The molecule has 7 nitrogen and oxygen atoms in total. The summed E-state index contributed by atoms with van der Waals surface area (Å²) in [4.78, 5) is 14.7. The molecule has 5 rings (SSSR count). The number of β-amino-alcohol motifs (C(OH)–C–C–N with tert-alkyl or cyclic N) is 1. The minimum atomic E-state index is -0.795. The molecule has 1 saturated heterocycles. The standard InChI is InChI=1S/C25H20F2N4O3/c1-3-16-19(26)7-6-13-9-15(33)10-17(20(13)16)22-21(27)23-18(11-28-22)24(30-25(29-23)34-2)31-8-4-5-14(32)12-31/h1,6-7,9-11,14,32-33H,4-5,8,12H2,2H3. The van der Waals surface area contributed by atoms with Crippen molar-refractivity contribution < 1.29 is 23.7 Å². The number of benzene rings is 2. The highest BCUT2D eigenvalue weighted by atomic mass is 19.1. The van der Waals surface area contributed by atoms with Gasteiger partial charge in [0, 0.05) is 30.2 Å². The van der Waals surface area contributed by atoms with Crippen LogP contribution in [0, 0.1) is 24.0 Å². The molecule has 0 spiro atoms. The molecule has 0 aliphatic carbocycles. The van der Waals surface area contributed by atoms with E-state index >= 15 is 4.39 Å². The van der Waals surface area contributed by atoms with Gasteiger partial charge in [-0.1, -0.05) is 12.0 Å². The molecule has 9 heteroatoms. The first-order valence-electron chi connectivity index (χ1n) is 10.7. The third kappa shape index (κ3) is 3.53. The quantitative estimate of drug-likeness (QED) is 0.448. The number of aromatic nitrogens is 3. The predicted octanol–water partition coefficient (Wildman–Crippen LogP) is 3.78. The number of aliphatic hydroxyl groups is 1. The van der Waals surface area contributed by atoms with Crippen LogP contribution in [-0.2, 0) is 0 Å². The zero-order chi connectivity index (χ0) is 24.0. The number of fused-ring (bicyclic) bond motifs is 2. The number of pyridine rings is 1. The van der Waals surface area contributed by atoms with Crippen molar-refractivity contribution in [2.24, 2.45) is 0 Å². The molecule has 2 N–H and O–H groups in total. The summed E-state index contributed by atoms with van der Waals surface area (Å²) in [7, 11) is 1.38. The van der Waals surface area contributed by atoms with E-state index in [1.165, 1.54) is 37.6 Å². The number of terminal acetylenes is 1. The number of aromatic hydroxyl groups is 1. The molecule has 1 aliphatic rings. The zero-order valence-electron chi connectivity index (χ0n) is 18.2. The summed E-state index contributed by atoms with van der Waals surface area (Å²) >= 11 is 0. The SMILES string of the molecule is C#Cc1c(F)ccc2cc(O)cc(-c3ncc4c(N5CCCC(O)C5)nc(OC)nc4c3F)c12. The lowest BCUT2D eigenvalue weighted by Gasteiger charge is -2.31. The molecule has 1 atom stereocenters. The number of aliphatic hydroxyl groups excluding tert-OH is 1. The van der Waals surface area contributed by atoms with Gasteiger partial charge in [-0.05, 0) is 36.4 Å². The van der Waals surface area contributed by atoms with Crippen LogP contribution in [-0.4, -0.2) is 51.5 Å². The first kappa shape index (κ1) is 21.8. The highest BCUT2D eigenvalue weighted by molar-refractivity contribution is 6.03. The molecule has 1 unspecified atom stereocenters. The van der Waals surface area contributed by atoms with Crippen LogP contribution in [0.4, 0.5) is 14.6 Å². The van der Waals surface area contributed by atoms with Crippen LogP contribution in [0.3, 0.4) is 0 Å². The number of ether oxygens (including phenoxy) is 1. The Labute approximate surface area is 193 Å². The summed E-state index contributed by atoms with van der Waals surface area (Å²) in [5.41, 5.74) is -0.130. The summed E-state index contributed by atoms with van der Waals surface area (Å²) < 4.78 is 35.7. The third-order valence-electron chi connectivity index (χ3n) is 5.97. The second-order valence-corrected chi connectivity index (χ2v) is 8.12. The number of anilines is 1. The van der Waals surface area contributed by atoms with Gasteiger partial charge in [0.15, 0.2) is 5.82 Å². The molecule has 34 heavy (non-hydrogen) atoms. The van der Waals surface area contributed by atoms with Crippen LogP contribution >= 0.6 is 0 Å². The van der Waals surface area contributed by atoms with E-state index in [-0.39, 0.29) is 39.5 Å². The molecule has 172 valence electrons. The normalized spacial score (nSPS) is 16.1. The Morgan fingerprint density at radius 3 is 2.79 bits per heavy atom. The number of rotatable bonds is 3. The van der Waals surface area contributed by atoms with Crippen molar-refractivity contribution in [2.75, 3.05) is 25.1 Å². The second-order valence-electron chi connectivity index (χ2n) is 8.12. The highest BCUT2D eigenvalue weighted by Crippen LogP contribution is 2.38. The molecule has 3 heterocycles. The Morgan fingerprint density at radius 2 is 2.06 bits per heavy atom. The highest BCUT2D eigenvalue weighted by Gasteiger charge is 2.25. The Bertz CT molecular complexity index is 1490. The average Bonchev–Trinajstić information content (AvgIpc) is 2.83. The molecule has 2 aromatic heterocycles. The Kier molecular flexibility index (Phi) is 5.38. The summed E-state index contributed by atoms with van der Waals surface area (Å²) in [6, 6.07) is 5.32. The number of piperidine rings is 1. The van der Waals surface area contributed by atoms with Crippen LogP contribution < -0.4 is 9.64 Å². The fraction of sp³-hybridized carbons (Fsp3) is 0.240. The minimum absolute atomic E-state index is 0.0465. The molecule has 4 aromatic rings. The number of nitrogens with zero attached hydrogens (tertiary/aromatic N) is 4. The summed E-state index contributed by atoms with van der Waals surface area (Å²) in [6.07, 6.45) is 7.87. The lowest BCUT2D eigenvalue weighted by molar-refractivity contribution is 0.154.